The zero-order valence-electron chi connectivity index (χ0n) is 15.9. The second-order valence-corrected chi connectivity index (χ2v) is 6.98. The number of Topliss-reactive ketones (excluding diaryl/α,β-unsaturated/α-hetero) is 1. The first-order chi connectivity index (χ1) is 13.6. The third kappa shape index (κ3) is 2.69. The topological polar surface area (TPSA) is 46.6 Å². The van der Waals surface area contributed by atoms with Crippen LogP contribution in [0.1, 0.15) is 27.9 Å². The summed E-state index contributed by atoms with van der Waals surface area (Å²) in [5, 5.41) is 0. The van der Waals surface area contributed by atoms with Crippen LogP contribution >= 0.6 is 0 Å². The van der Waals surface area contributed by atoms with E-state index in [1.54, 1.807) is 43.3 Å². The molecule has 1 aliphatic rings. The molecule has 1 heterocycles. The lowest BCUT2D eigenvalue weighted by molar-refractivity contribution is -0.121. The number of likely N-dealkylation sites (N-methyl/N-ethyl adjacent to an activating group) is 1. The number of benzene rings is 3. The molecule has 0 saturated heterocycles. The fourth-order valence-corrected chi connectivity index (χ4v) is 4.03. The SMILES string of the molecule is COc1ccc(C(=O)CC2(c3ccccc3)C(=O)N(C)c3ccccc32)cc1. The number of ether oxygens (including phenoxy) is 1. The molecule has 3 aromatic carbocycles. The smallest absolute Gasteiger partial charge is 0.242 e. The van der Waals surface area contributed by atoms with Crippen LogP contribution in [0.15, 0.2) is 78.9 Å². The molecule has 140 valence electrons. The second-order valence-electron chi connectivity index (χ2n) is 6.98. The van der Waals surface area contributed by atoms with Gasteiger partial charge in [-0.05, 0) is 41.5 Å². The number of hydrogen-bond acceptors (Lipinski definition) is 3. The molecular formula is C24H21NO3. The Labute approximate surface area is 164 Å². The highest BCUT2D eigenvalue weighted by molar-refractivity contribution is 6.13. The van der Waals surface area contributed by atoms with Gasteiger partial charge in [0.25, 0.3) is 0 Å². The minimum absolute atomic E-state index is 0.0729. The van der Waals surface area contributed by atoms with Crippen molar-refractivity contribution in [3.8, 4) is 5.75 Å². The Bertz CT molecular complexity index is 1030. The van der Waals surface area contributed by atoms with Crippen molar-refractivity contribution in [1.29, 1.82) is 0 Å². The standard InChI is InChI=1S/C24H21NO3/c1-25-21-11-7-6-10-20(21)24(23(25)27,18-8-4-3-5-9-18)16-22(26)17-12-14-19(28-2)15-13-17/h3-15H,16H2,1-2H3. The van der Waals surface area contributed by atoms with Crippen LogP contribution < -0.4 is 9.64 Å². The number of ketones is 1. The lowest BCUT2D eigenvalue weighted by Gasteiger charge is -2.28. The van der Waals surface area contributed by atoms with E-state index >= 15 is 0 Å². The van der Waals surface area contributed by atoms with Crippen LogP contribution in [-0.4, -0.2) is 25.8 Å². The van der Waals surface area contributed by atoms with Gasteiger partial charge in [0.15, 0.2) is 5.78 Å². The molecule has 1 atom stereocenters. The van der Waals surface area contributed by atoms with E-state index in [4.69, 9.17) is 4.74 Å². The molecular weight excluding hydrogens is 350 g/mol. The summed E-state index contributed by atoms with van der Waals surface area (Å²) in [6.07, 6.45) is 0.0729. The molecule has 1 unspecified atom stereocenters. The average Bonchev–Trinajstić information content (AvgIpc) is 2.97. The summed E-state index contributed by atoms with van der Waals surface area (Å²) in [6, 6.07) is 24.3. The summed E-state index contributed by atoms with van der Waals surface area (Å²) in [5.41, 5.74) is 2.09. The summed E-state index contributed by atoms with van der Waals surface area (Å²) in [7, 11) is 3.36. The number of rotatable bonds is 5. The van der Waals surface area contributed by atoms with Crippen LogP contribution in [0.2, 0.25) is 0 Å². The Hall–Kier alpha value is -3.40. The number of methoxy groups -OCH3 is 1. The third-order valence-electron chi connectivity index (χ3n) is 5.50. The van der Waals surface area contributed by atoms with Gasteiger partial charge in [0.2, 0.25) is 5.91 Å². The van der Waals surface area contributed by atoms with Crippen LogP contribution in [0.4, 0.5) is 5.69 Å². The quantitative estimate of drug-likeness (QED) is 0.631. The van der Waals surface area contributed by atoms with Crippen molar-refractivity contribution in [2.75, 3.05) is 19.1 Å². The van der Waals surface area contributed by atoms with Crippen molar-refractivity contribution in [3.63, 3.8) is 0 Å². The van der Waals surface area contributed by atoms with Gasteiger partial charge in [-0.25, -0.2) is 0 Å². The molecule has 4 nitrogen and oxygen atoms in total. The molecule has 4 rings (SSSR count). The molecule has 28 heavy (non-hydrogen) atoms. The molecule has 1 aliphatic heterocycles. The summed E-state index contributed by atoms with van der Waals surface area (Å²) < 4.78 is 5.18. The number of nitrogens with zero attached hydrogens (tertiary/aromatic N) is 1. The fraction of sp³-hybridized carbons (Fsp3) is 0.167. The predicted octanol–water partition coefficient (Wildman–Crippen LogP) is 4.23. The van der Waals surface area contributed by atoms with Gasteiger partial charge >= 0.3 is 0 Å². The molecule has 4 heteroatoms. The molecule has 0 spiro atoms. The van der Waals surface area contributed by atoms with Crippen molar-refractivity contribution in [2.45, 2.75) is 11.8 Å². The maximum Gasteiger partial charge on any atom is 0.242 e. The van der Waals surface area contributed by atoms with Gasteiger partial charge < -0.3 is 9.64 Å². The Morgan fingerprint density at radius 2 is 1.57 bits per heavy atom. The Morgan fingerprint density at radius 3 is 2.25 bits per heavy atom. The summed E-state index contributed by atoms with van der Waals surface area (Å²) in [6.45, 7) is 0. The molecule has 3 aromatic rings. The van der Waals surface area contributed by atoms with E-state index in [0.717, 1.165) is 16.8 Å². The molecule has 0 aliphatic carbocycles. The highest BCUT2D eigenvalue weighted by Gasteiger charge is 2.51. The van der Waals surface area contributed by atoms with Crippen molar-refractivity contribution in [3.05, 3.63) is 95.6 Å². The molecule has 0 bridgehead atoms. The Balaban J connectivity index is 1.84. The normalized spacial score (nSPS) is 18.1. The van der Waals surface area contributed by atoms with Gasteiger partial charge in [-0.1, -0.05) is 48.5 Å². The molecule has 1 amide bonds. The summed E-state index contributed by atoms with van der Waals surface area (Å²) >= 11 is 0. The van der Waals surface area contributed by atoms with E-state index in [2.05, 4.69) is 0 Å². The minimum Gasteiger partial charge on any atom is -0.497 e. The largest absolute Gasteiger partial charge is 0.497 e. The predicted molar refractivity (Wildman–Crippen MR) is 109 cm³/mol. The number of carbonyl (C=O) groups excluding carboxylic acids is 2. The Kier molecular flexibility index (Phi) is 4.47. The molecule has 0 radical (unpaired) electrons. The van der Waals surface area contributed by atoms with Crippen LogP contribution in [-0.2, 0) is 10.2 Å². The fourth-order valence-electron chi connectivity index (χ4n) is 4.03. The molecule has 0 N–H and O–H groups in total. The van der Waals surface area contributed by atoms with Gasteiger partial charge in [0.1, 0.15) is 11.2 Å². The highest BCUT2D eigenvalue weighted by Crippen LogP contribution is 2.48. The van der Waals surface area contributed by atoms with E-state index in [9.17, 15) is 9.59 Å². The minimum atomic E-state index is -1.02. The molecule has 0 aromatic heterocycles. The van der Waals surface area contributed by atoms with Gasteiger partial charge in [-0.15, -0.1) is 0 Å². The maximum atomic E-state index is 13.5. The average molecular weight is 371 g/mol. The summed E-state index contributed by atoms with van der Waals surface area (Å²) in [5.74, 6) is 0.531. The van der Waals surface area contributed by atoms with Gasteiger partial charge in [-0.3, -0.25) is 9.59 Å². The van der Waals surface area contributed by atoms with Crippen molar-refractivity contribution >= 4 is 17.4 Å². The van der Waals surface area contributed by atoms with Crippen LogP contribution in [0.3, 0.4) is 0 Å². The van der Waals surface area contributed by atoms with Crippen LogP contribution in [0.5, 0.6) is 5.75 Å². The molecule has 0 saturated carbocycles. The van der Waals surface area contributed by atoms with Crippen molar-refractivity contribution < 1.29 is 14.3 Å². The van der Waals surface area contributed by atoms with Gasteiger partial charge in [0, 0.05) is 24.7 Å². The van der Waals surface area contributed by atoms with E-state index in [-0.39, 0.29) is 18.1 Å². The number of amides is 1. The first kappa shape index (κ1) is 18.0. The van der Waals surface area contributed by atoms with E-state index in [1.807, 2.05) is 54.6 Å². The van der Waals surface area contributed by atoms with Crippen LogP contribution in [0.25, 0.3) is 0 Å². The molecule has 0 fully saturated rings. The number of anilines is 1. The van der Waals surface area contributed by atoms with E-state index < -0.39 is 5.41 Å². The first-order valence-corrected chi connectivity index (χ1v) is 9.18. The lowest BCUT2D eigenvalue weighted by Crippen LogP contribution is -2.41. The number of para-hydroxylation sites is 1. The second kappa shape index (κ2) is 6.97. The van der Waals surface area contributed by atoms with E-state index in [0.29, 0.717) is 11.3 Å². The van der Waals surface area contributed by atoms with Crippen molar-refractivity contribution in [1.82, 2.24) is 0 Å². The third-order valence-corrected chi connectivity index (χ3v) is 5.50. The lowest BCUT2D eigenvalue weighted by atomic mass is 9.71. The summed E-state index contributed by atoms with van der Waals surface area (Å²) in [4.78, 5) is 28.4. The van der Waals surface area contributed by atoms with Crippen molar-refractivity contribution in [2.24, 2.45) is 0 Å². The highest BCUT2D eigenvalue weighted by atomic mass is 16.5. The monoisotopic (exact) mass is 371 g/mol. The Morgan fingerprint density at radius 1 is 0.929 bits per heavy atom. The first-order valence-electron chi connectivity index (χ1n) is 9.18. The maximum absolute atomic E-state index is 13.5. The number of carbonyl (C=O) groups is 2. The van der Waals surface area contributed by atoms with Gasteiger partial charge in [-0.2, -0.15) is 0 Å². The van der Waals surface area contributed by atoms with Crippen LogP contribution in [0, 0.1) is 0 Å². The number of hydrogen-bond donors (Lipinski definition) is 0. The zero-order valence-corrected chi connectivity index (χ0v) is 15.9. The van der Waals surface area contributed by atoms with E-state index in [1.165, 1.54) is 0 Å². The number of fused-ring (bicyclic) bond motifs is 1. The van der Waals surface area contributed by atoms with Gasteiger partial charge in [0.05, 0.1) is 7.11 Å². The zero-order chi connectivity index (χ0) is 19.7.